The molecule has 21 heavy (non-hydrogen) atoms. The van der Waals surface area contributed by atoms with Crippen LogP contribution in [-0.4, -0.2) is 40.7 Å². The molecule has 0 heterocycles. The van der Waals surface area contributed by atoms with Gasteiger partial charge in [0.1, 0.15) is 0 Å². The second kappa shape index (κ2) is 12.0. The third-order valence-corrected chi connectivity index (χ3v) is 6.25. The highest BCUT2D eigenvalue weighted by molar-refractivity contribution is 6.60. The van der Waals surface area contributed by atoms with Gasteiger partial charge in [-0.05, 0) is 40.5 Å². The van der Waals surface area contributed by atoms with Crippen LogP contribution < -0.4 is 11.1 Å². The number of carbonyl (C=O) groups excluding carboxylic acids is 1. The Labute approximate surface area is 130 Å². The molecule has 0 aromatic heterocycles. The molecule has 0 aliphatic carbocycles. The molecule has 0 aromatic carbocycles. The van der Waals surface area contributed by atoms with Gasteiger partial charge >= 0.3 is 14.8 Å². The van der Waals surface area contributed by atoms with Crippen molar-refractivity contribution in [3.63, 3.8) is 0 Å². The standard InChI is InChI=1S/C14H32N2O4Si/c1-5-18-21(19-6-2,20-7-3)12-10-8-9-11-13(4)16-14(15)17/h13H,5-12H2,1-4H3,(H3,15,16,17). The number of primary amides is 1. The minimum atomic E-state index is -2.49. The number of amides is 2. The molecule has 0 aromatic rings. The minimum absolute atomic E-state index is 0.121. The monoisotopic (exact) mass is 320 g/mol. The third kappa shape index (κ3) is 9.84. The van der Waals surface area contributed by atoms with E-state index < -0.39 is 14.8 Å². The zero-order valence-corrected chi connectivity index (χ0v) is 14.9. The molecule has 0 radical (unpaired) electrons. The summed E-state index contributed by atoms with van der Waals surface area (Å²) in [6.07, 6.45) is 4.04. The van der Waals surface area contributed by atoms with Crippen molar-refractivity contribution in [2.75, 3.05) is 19.8 Å². The molecular weight excluding hydrogens is 288 g/mol. The van der Waals surface area contributed by atoms with Crippen molar-refractivity contribution >= 4 is 14.8 Å². The maximum Gasteiger partial charge on any atom is 0.500 e. The van der Waals surface area contributed by atoms with E-state index in [0.717, 1.165) is 31.7 Å². The first kappa shape index (κ1) is 20.4. The van der Waals surface area contributed by atoms with Crippen LogP contribution in [0.4, 0.5) is 4.79 Å². The summed E-state index contributed by atoms with van der Waals surface area (Å²) in [6, 6.07) is 0.508. The van der Waals surface area contributed by atoms with Gasteiger partial charge in [0.2, 0.25) is 0 Å². The van der Waals surface area contributed by atoms with Crippen molar-refractivity contribution in [3.05, 3.63) is 0 Å². The Kier molecular flexibility index (Phi) is 11.6. The Morgan fingerprint density at radius 3 is 2.00 bits per heavy atom. The summed E-state index contributed by atoms with van der Waals surface area (Å²) in [5.74, 6) is 0. The third-order valence-electron chi connectivity index (χ3n) is 3.10. The zero-order valence-electron chi connectivity index (χ0n) is 13.9. The van der Waals surface area contributed by atoms with Crippen LogP contribution >= 0.6 is 0 Å². The molecule has 0 fully saturated rings. The van der Waals surface area contributed by atoms with Crippen LogP contribution in [0.1, 0.15) is 53.4 Å². The number of nitrogens with two attached hydrogens (primary N) is 1. The second-order valence-corrected chi connectivity index (χ2v) is 7.72. The lowest BCUT2D eigenvalue weighted by Crippen LogP contribution is -2.45. The molecule has 3 N–H and O–H groups in total. The first-order chi connectivity index (χ1) is 9.99. The summed E-state index contributed by atoms with van der Waals surface area (Å²) in [5, 5.41) is 2.68. The predicted molar refractivity (Wildman–Crippen MR) is 86.1 cm³/mol. The van der Waals surface area contributed by atoms with Crippen molar-refractivity contribution < 1.29 is 18.1 Å². The molecule has 0 aliphatic rings. The normalized spacial score (nSPS) is 13.1. The molecule has 126 valence electrons. The van der Waals surface area contributed by atoms with Gasteiger partial charge in [0.15, 0.2) is 0 Å². The lowest BCUT2D eigenvalue weighted by molar-refractivity contribution is 0.0706. The number of unbranched alkanes of at least 4 members (excludes halogenated alkanes) is 2. The number of hydrogen-bond acceptors (Lipinski definition) is 4. The largest absolute Gasteiger partial charge is 0.500 e. The molecule has 6 nitrogen and oxygen atoms in total. The quantitative estimate of drug-likeness (QED) is 0.404. The lowest BCUT2D eigenvalue weighted by Gasteiger charge is -2.28. The Bertz CT molecular complexity index is 263. The Balaban J connectivity index is 4.04. The van der Waals surface area contributed by atoms with Gasteiger partial charge in [-0.15, -0.1) is 0 Å². The van der Waals surface area contributed by atoms with E-state index >= 15 is 0 Å². The molecule has 0 spiro atoms. The first-order valence-electron chi connectivity index (χ1n) is 7.97. The van der Waals surface area contributed by atoms with E-state index in [1.165, 1.54) is 0 Å². The fourth-order valence-corrected chi connectivity index (χ4v) is 4.97. The van der Waals surface area contributed by atoms with Crippen LogP contribution in [0, 0.1) is 0 Å². The molecule has 0 saturated carbocycles. The zero-order chi connectivity index (χ0) is 16.1. The Morgan fingerprint density at radius 1 is 1.05 bits per heavy atom. The molecule has 0 bridgehead atoms. The molecule has 0 saturated heterocycles. The van der Waals surface area contributed by atoms with Gasteiger partial charge in [0, 0.05) is 31.9 Å². The van der Waals surface area contributed by atoms with Crippen molar-refractivity contribution in [2.24, 2.45) is 5.73 Å². The van der Waals surface area contributed by atoms with Gasteiger partial charge in [-0.25, -0.2) is 4.79 Å². The second-order valence-electron chi connectivity index (χ2n) is 4.99. The first-order valence-corrected chi connectivity index (χ1v) is 9.90. The summed E-state index contributed by atoms with van der Waals surface area (Å²) in [5.41, 5.74) is 5.09. The summed E-state index contributed by atoms with van der Waals surface area (Å²) < 4.78 is 17.4. The average Bonchev–Trinajstić information content (AvgIpc) is 2.38. The summed E-state index contributed by atoms with van der Waals surface area (Å²) in [7, 11) is -2.49. The fraction of sp³-hybridized carbons (Fsp3) is 0.929. The van der Waals surface area contributed by atoms with E-state index in [2.05, 4.69) is 5.32 Å². The highest BCUT2D eigenvalue weighted by Gasteiger charge is 2.39. The highest BCUT2D eigenvalue weighted by atomic mass is 28.4. The van der Waals surface area contributed by atoms with Crippen molar-refractivity contribution in [2.45, 2.75) is 65.5 Å². The van der Waals surface area contributed by atoms with E-state index in [1.54, 1.807) is 0 Å². The van der Waals surface area contributed by atoms with Crippen LogP contribution in [0.25, 0.3) is 0 Å². The van der Waals surface area contributed by atoms with E-state index in [-0.39, 0.29) is 6.04 Å². The Hall–Kier alpha value is -0.633. The van der Waals surface area contributed by atoms with Crippen molar-refractivity contribution in [1.29, 1.82) is 0 Å². The maximum atomic E-state index is 10.7. The van der Waals surface area contributed by atoms with Crippen LogP contribution in [0.5, 0.6) is 0 Å². The van der Waals surface area contributed by atoms with Gasteiger partial charge in [-0.3, -0.25) is 0 Å². The summed E-state index contributed by atoms with van der Waals surface area (Å²) >= 11 is 0. The van der Waals surface area contributed by atoms with Crippen molar-refractivity contribution in [1.82, 2.24) is 5.32 Å². The molecule has 0 rings (SSSR count). The van der Waals surface area contributed by atoms with Gasteiger partial charge < -0.3 is 24.3 Å². The Morgan fingerprint density at radius 2 is 1.57 bits per heavy atom. The molecule has 7 heteroatoms. The average molecular weight is 321 g/mol. The number of nitrogens with one attached hydrogen (secondary N) is 1. The number of hydrogen-bond donors (Lipinski definition) is 2. The smallest absolute Gasteiger partial charge is 0.374 e. The number of rotatable bonds is 13. The van der Waals surface area contributed by atoms with Crippen LogP contribution in [0.2, 0.25) is 6.04 Å². The van der Waals surface area contributed by atoms with Crippen LogP contribution in [0.3, 0.4) is 0 Å². The SMILES string of the molecule is CCO[Si](CCCCCC(C)NC(N)=O)(OCC)OCC. The van der Waals surface area contributed by atoms with Crippen LogP contribution in [0.15, 0.2) is 0 Å². The highest BCUT2D eigenvalue weighted by Crippen LogP contribution is 2.20. The van der Waals surface area contributed by atoms with E-state index in [9.17, 15) is 4.79 Å². The van der Waals surface area contributed by atoms with E-state index in [1.807, 2.05) is 27.7 Å². The van der Waals surface area contributed by atoms with Gasteiger partial charge in [0.05, 0.1) is 0 Å². The molecular formula is C14H32N2O4Si. The van der Waals surface area contributed by atoms with Crippen LogP contribution in [-0.2, 0) is 13.3 Å². The van der Waals surface area contributed by atoms with Crippen molar-refractivity contribution in [3.8, 4) is 0 Å². The number of urea groups is 1. The summed E-state index contributed by atoms with van der Waals surface area (Å²) in [6.45, 7) is 9.72. The maximum absolute atomic E-state index is 10.7. The fourth-order valence-electron chi connectivity index (χ4n) is 2.29. The van der Waals surface area contributed by atoms with Gasteiger partial charge in [-0.1, -0.05) is 12.8 Å². The van der Waals surface area contributed by atoms with Gasteiger partial charge in [0.25, 0.3) is 0 Å². The number of carbonyl (C=O) groups is 1. The predicted octanol–water partition coefficient (Wildman–Crippen LogP) is 2.65. The van der Waals surface area contributed by atoms with E-state index in [0.29, 0.717) is 19.8 Å². The molecule has 1 atom stereocenters. The molecule has 1 unspecified atom stereocenters. The topological polar surface area (TPSA) is 82.8 Å². The molecule has 2 amide bonds. The van der Waals surface area contributed by atoms with Gasteiger partial charge in [-0.2, -0.15) is 0 Å². The lowest BCUT2D eigenvalue weighted by atomic mass is 10.1. The molecule has 0 aliphatic heterocycles. The minimum Gasteiger partial charge on any atom is -0.374 e. The van der Waals surface area contributed by atoms with E-state index in [4.69, 9.17) is 19.0 Å². The summed E-state index contributed by atoms with van der Waals surface area (Å²) in [4.78, 5) is 10.7.